The molecule has 2 aliphatic rings. The van der Waals surface area contributed by atoms with Crippen molar-refractivity contribution in [2.75, 3.05) is 0 Å². The van der Waals surface area contributed by atoms with Crippen LogP contribution in [-0.4, -0.2) is 0 Å². The second-order valence-electron chi connectivity index (χ2n) is 6.47. The van der Waals surface area contributed by atoms with Gasteiger partial charge < -0.3 is 0 Å². The molecule has 98 valence electrons. The molecule has 0 amide bonds. The zero-order valence-electron chi connectivity index (χ0n) is 12.3. The summed E-state index contributed by atoms with van der Waals surface area (Å²) >= 11 is -2.26. The van der Waals surface area contributed by atoms with Crippen LogP contribution in [0.1, 0.15) is 29.5 Å². The van der Waals surface area contributed by atoms with Gasteiger partial charge in [-0.05, 0) is 0 Å². The van der Waals surface area contributed by atoms with Crippen LogP contribution >= 0.6 is 0 Å². The molecule has 0 radical (unpaired) electrons. The standard InChI is InChI=1S/C11H11.C5H5.2CH3.Zr/c1-8-3-6-11-9(2)4-5-10(11)7-8;1-2-4-5-3-1;;;/h3,5-7,9H,1-2H3;1-5H;2*1H3;. The summed E-state index contributed by atoms with van der Waals surface area (Å²) in [7, 11) is 0. The van der Waals surface area contributed by atoms with Crippen molar-refractivity contribution in [3.05, 3.63) is 62.5 Å². The molecule has 0 N–H and O–H groups in total. The quantitative estimate of drug-likeness (QED) is 0.661. The van der Waals surface area contributed by atoms with E-state index in [9.17, 15) is 0 Å². The first-order valence-electron chi connectivity index (χ1n) is 7.18. The van der Waals surface area contributed by atoms with E-state index in [1.54, 1.807) is 3.28 Å². The first kappa shape index (κ1) is 13.3. The fraction of sp³-hybridized carbons (Fsp3) is 0.333. The van der Waals surface area contributed by atoms with E-state index in [2.05, 4.69) is 71.7 Å². The molecule has 2 aliphatic carbocycles. The van der Waals surface area contributed by atoms with Gasteiger partial charge in [-0.25, -0.2) is 0 Å². The molecular weight excluding hydrogens is 307 g/mol. The van der Waals surface area contributed by atoms with Gasteiger partial charge in [0.25, 0.3) is 0 Å². The monoisotopic (exact) mass is 328 g/mol. The van der Waals surface area contributed by atoms with Crippen LogP contribution in [0.25, 0.3) is 6.08 Å². The van der Waals surface area contributed by atoms with Gasteiger partial charge in [0, 0.05) is 0 Å². The molecule has 1 aromatic rings. The van der Waals surface area contributed by atoms with Crippen LogP contribution in [0.15, 0.2) is 45.8 Å². The van der Waals surface area contributed by atoms with E-state index in [1.807, 2.05) is 0 Å². The molecule has 0 fully saturated rings. The summed E-state index contributed by atoms with van der Waals surface area (Å²) in [5.74, 6) is 0.629. The summed E-state index contributed by atoms with van der Waals surface area (Å²) in [6, 6.07) is 6.94. The Kier molecular flexibility index (Phi) is 3.30. The van der Waals surface area contributed by atoms with Gasteiger partial charge in [-0.1, -0.05) is 0 Å². The van der Waals surface area contributed by atoms with E-state index in [0.29, 0.717) is 5.92 Å². The van der Waals surface area contributed by atoms with Gasteiger partial charge >= 0.3 is 121 Å². The van der Waals surface area contributed by atoms with Crippen LogP contribution in [0, 0.1) is 6.92 Å². The van der Waals surface area contributed by atoms with Crippen molar-refractivity contribution >= 4 is 6.08 Å². The predicted octanol–water partition coefficient (Wildman–Crippen LogP) is 5.62. The van der Waals surface area contributed by atoms with Gasteiger partial charge in [0.05, 0.1) is 0 Å². The number of hydrogen-bond acceptors (Lipinski definition) is 0. The summed E-state index contributed by atoms with van der Waals surface area (Å²) in [4.78, 5) is 0. The Balaban J connectivity index is 2.01. The Morgan fingerprint density at radius 1 is 1.05 bits per heavy atom. The van der Waals surface area contributed by atoms with Gasteiger partial charge in [0.15, 0.2) is 0 Å². The molecule has 19 heavy (non-hydrogen) atoms. The number of benzene rings is 1. The SMILES string of the molecule is Cc1ccc2c(c1)C=[C]([Zr]([CH3])([CH3])[CH]1C=CC=C1)C2C. The number of rotatable bonds is 2. The molecular formula is C18H22Zr. The van der Waals surface area contributed by atoms with Crippen LogP contribution in [0.2, 0.25) is 12.9 Å². The van der Waals surface area contributed by atoms with Crippen molar-refractivity contribution in [3.8, 4) is 0 Å². The summed E-state index contributed by atoms with van der Waals surface area (Å²) < 4.78 is 7.68. The third-order valence-corrected chi connectivity index (χ3v) is 14.9. The van der Waals surface area contributed by atoms with E-state index < -0.39 is 20.3 Å². The minimum atomic E-state index is -2.26. The zero-order valence-corrected chi connectivity index (χ0v) is 14.7. The fourth-order valence-electron chi connectivity index (χ4n) is 3.52. The van der Waals surface area contributed by atoms with Crippen molar-refractivity contribution < 1.29 is 20.3 Å². The second-order valence-corrected chi connectivity index (χ2v) is 18.0. The number of hydrogen-bond donors (Lipinski definition) is 0. The molecule has 0 heterocycles. The van der Waals surface area contributed by atoms with Crippen LogP contribution in [0.3, 0.4) is 0 Å². The van der Waals surface area contributed by atoms with Gasteiger partial charge in [0.2, 0.25) is 0 Å². The van der Waals surface area contributed by atoms with Gasteiger partial charge in [-0.2, -0.15) is 0 Å². The first-order chi connectivity index (χ1) is 9.00. The molecule has 0 bridgehead atoms. The van der Waals surface area contributed by atoms with E-state index in [4.69, 9.17) is 0 Å². The van der Waals surface area contributed by atoms with Crippen LogP contribution in [0.4, 0.5) is 0 Å². The topological polar surface area (TPSA) is 0 Å². The fourth-order valence-corrected chi connectivity index (χ4v) is 11.8. The molecule has 1 heteroatoms. The van der Waals surface area contributed by atoms with Crippen LogP contribution in [-0.2, 0) is 20.3 Å². The van der Waals surface area contributed by atoms with E-state index in [1.165, 1.54) is 16.7 Å². The van der Waals surface area contributed by atoms with E-state index in [-0.39, 0.29) is 0 Å². The zero-order chi connectivity index (χ0) is 13.6. The number of allylic oxidation sites excluding steroid dienone is 5. The van der Waals surface area contributed by atoms with Crippen LogP contribution < -0.4 is 0 Å². The molecule has 1 aromatic carbocycles. The minimum absolute atomic E-state index is 0.629. The van der Waals surface area contributed by atoms with Gasteiger partial charge in [0.1, 0.15) is 0 Å². The molecule has 3 rings (SSSR count). The third-order valence-electron chi connectivity index (χ3n) is 4.81. The average molecular weight is 330 g/mol. The molecule has 0 saturated heterocycles. The van der Waals surface area contributed by atoms with Gasteiger partial charge in [-0.15, -0.1) is 0 Å². The Labute approximate surface area is 121 Å². The predicted molar refractivity (Wildman–Crippen MR) is 81.3 cm³/mol. The molecule has 0 nitrogen and oxygen atoms in total. The van der Waals surface area contributed by atoms with Crippen molar-refractivity contribution in [2.24, 2.45) is 0 Å². The van der Waals surface area contributed by atoms with Crippen molar-refractivity contribution in [2.45, 2.75) is 32.7 Å². The molecule has 0 aromatic heterocycles. The third kappa shape index (κ3) is 2.17. The Hall–Kier alpha value is -0.677. The van der Waals surface area contributed by atoms with Crippen molar-refractivity contribution in [1.82, 2.24) is 0 Å². The van der Waals surface area contributed by atoms with Crippen molar-refractivity contribution in [1.29, 1.82) is 0 Å². The number of aryl methyl sites for hydroxylation is 1. The molecule has 0 spiro atoms. The van der Waals surface area contributed by atoms with E-state index >= 15 is 0 Å². The van der Waals surface area contributed by atoms with Crippen LogP contribution in [0.5, 0.6) is 0 Å². The summed E-state index contributed by atoms with van der Waals surface area (Å²) in [6.45, 7) is 4.59. The molecule has 1 atom stereocenters. The van der Waals surface area contributed by atoms with Crippen molar-refractivity contribution in [3.63, 3.8) is 0 Å². The Morgan fingerprint density at radius 2 is 1.74 bits per heavy atom. The summed E-state index contributed by atoms with van der Waals surface area (Å²) in [6.07, 6.45) is 11.8. The molecule has 1 unspecified atom stereocenters. The molecule has 0 saturated carbocycles. The Morgan fingerprint density at radius 3 is 2.42 bits per heavy atom. The molecule has 0 aliphatic heterocycles. The number of fused-ring (bicyclic) bond motifs is 1. The summed E-state index contributed by atoms with van der Waals surface area (Å²) in [5, 5.41) is 0. The van der Waals surface area contributed by atoms with E-state index in [0.717, 1.165) is 3.63 Å². The maximum atomic E-state index is 2.58. The summed E-state index contributed by atoms with van der Waals surface area (Å²) in [5.41, 5.74) is 4.38. The second kappa shape index (κ2) is 4.70. The Bertz CT molecular complexity index is 590. The normalized spacial score (nSPS) is 21.9. The average Bonchev–Trinajstić information content (AvgIpc) is 2.98. The van der Waals surface area contributed by atoms with Gasteiger partial charge in [-0.3, -0.25) is 0 Å². The first-order valence-corrected chi connectivity index (χ1v) is 14.7. The maximum absolute atomic E-state index is 2.58.